The molecular formula is C5H10O5. The quantitative estimate of drug-likeness (QED) is 0.304. The fraction of sp³-hybridized carbons (Fsp3) is 1.00. The van der Waals surface area contributed by atoms with Crippen molar-refractivity contribution in [1.82, 2.24) is 0 Å². The Morgan fingerprint density at radius 3 is 2.10 bits per heavy atom. The van der Waals surface area contributed by atoms with Gasteiger partial charge in [-0.2, -0.15) is 0 Å². The number of hydrogen-bond acceptors (Lipinski definition) is 5. The second-order valence-electron chi connectivity index (χ2n) is 2.27. The van der Waals surface area contributed by atoms with Crippen LogP contribution in [0.3, 0.4) is 0 Å². The normalized spacial score (nSPS) is 49.2. The molecule has 0 aliphatic carbocycles. The van der Waals surface area contributed by atoms with Crippen molar-refractivity contribution in [2.45, 2.75) is 24.6 Å². The minimum atomic E-state index is -1.41. The second-order valence-corrected chi connectivity index (χ2v) is 2.27. The summed E-state index contributed by atoms with van der Waals surface area (Å²) in [4.78, 5) is 0. The Morgan fingerprint density at radius 1 is 1.00 bits per heavy atom. The predicted octanol–water partition coefficient (Wildman–Crippen LogP) is -2.58. The number of aliphatic hydroxyl groups is 4. The van der Waals surface area contributed by atoms with E-state index in [2.05, 4.69) is 4.74 Å². The molecule has 4 N–H and O–H groups in total. The second kappa shape index (κ2) is 2.81. The first-order valence-corrected chi connectivity index (χ1v) is 2.97. The summed E-state index contributed by atoms with van der Waals surface area (Å²) in [7, 11) is 0. The van der Waals surface area contributed by atoms with Crippen molar-refractivity contribution < 1.29 is 25.2 Å². The van der Waals surface area contributed by atoms with E-state index in [-0.39, 0.29) is 6.61 Å². The summed E-state index contributed by atoms with van der Waals surface area (Å²) < 4.78 is 4.47. The van der Waals surface area contributed by atoms with Crippen molar-refractivity contribution >= 4 is 0 Å². The molecule has 0 aromatic rings. The third-order valence-corrected chi connectivity index (χ3v) is 1.47. The van der Waals surface area contributed by atoms with E-state index in [1.165, 1.54) is 0 Å². The highest BCUT2D eigenvalue weighted by atomic mass is 16.6. The molecule has 1 aliphatic rings. The maximum Gasteiger partial charge on any atom is 0.183 e. The summed E-state index contributed by atoms with van der Waals surface area (Å²) in [5, 5.41) is 35.3. The summed E-state index contributed by atoms with van der Waals surface area (Å²) in [6.07, 6.45) is -5.23. The van der Waals surface area contributed by atoms with Crippen LogP contribution in [0, 0.1) is 0 Å². The van der Waals surface area contributed by atoms with Crippen molar-refractivity contribution in [3.05, 3.63) is 0 Å². The lowest BCUT2D eigenvalue weighted by Crippen LogP contribution is -2.52. The molecule has 0 aromatic carbocycles. The summed E-state index contributed by atoms with van der Waals surface area (Å²) in [5.74, 6) is 0. The molecule has 1 aliphatic heterocycles. The van der Waals surface area contributed by atoms with E-state index in [1.54, 1.807) is 0 Å². The molecule has 5 nitrogen and oxygen atoms in total. The van der Waals surface area contributed by atoms with Crippen LogP contribution >= 0.6 is 0 Å². The molecule has 0 saturated carbocycles. The Kier molecular flexibility index (Phi) is 2.22. The van der Waals surface area contributed by atoms with Gasteiger partial charge in [0, 0.05) is 0 Å². The fourth-order valence-electron chi connectivity index (χ4n) is 0.791. The molecule has 10 heavy (non-hydrogen) atoms. The molecule has 0 bridgehead atoms. The summed E-state index contributed by atoms with van der Waals surface area (Å²) in [6.45, 7) is -0.153. The average molecular weight is 150 g/mol. The van der Waals surface area contributed by atoms with Crippen LogP contribution in [-0.2, 0) is 4.74 Å². The van der Waals surface area contributed by atoms with Crippen molar-refractivity contribution in [3.8, 4) is 0 Å². The smallest absolute Gasteiger partial charge is 0.183 e. The standard InChI is InChI=1S/C5H10O5/c6-2-1-10-5(9)4(8)3(2)7/h2-9H,1H2/t2-,3?,4+,5?/m1/s1. The molecule has 1 saturated heterocycles. The summed E-state index contributed by atoms with van der Waals surface area (Å²) >= 11 is 0. The van der Waals surface area contributed by atoms with Crippen molar-refractivity contribution in [1.29, 1.82) is 0 Å². The first-order chi connectivity index (χ1) is 4.63. The van der Waals surface area contributed by atoms with E-state index >= 15 is 0 Å². The highest BCUT2D eigenvalue weighted by molar-refractivity contribution is 4.81. The monoisotopic (exact) mass is 150 g/mol. The molecule has 0 aromatic heterocycles. The highest BCUT2D eigenvalue weighted by Gasteiger charge is 2.36. The van der Waals surface area contributed by atoms with Gasteiger partial charge in [-0.3, -0.25) is 0 Å². The van der Waals surface area contributed by atoms with Gasteiger partial charge < -0.3 is 25.2 Å². The lowest BCUT2D eigenvalue weighted by atomic mass is 10.1. The van der Waals surface area contributed by atoms with Crippen LogP contribution in [0.4, 0.5) is 0 Å². The van der Waals surface area contributed by atoms with Gasteiger partial charge in [0.15, 0.2) is 6.29 Å². The van der Waals surface area contributed by atoms with Crippen LogP contribution in [-0.4, -0.2) is 51.6 Å². The first-order valence-electron chi connectivity index (χ1n) is 2.97. The molecular weight excluding hydrogens is 140 g/mol. The zero-order chi connectivity index (χ0) is 7.72. The largest absolute Gasteiger partial charge is 0.388 e. The van der Waals surface area contributed by atoms with E-state index in [0.29, 0.717) is 0 Å². The molecule has 60 valence electrons. The third kappa shape index (κ3) is 1.28. The van der Waals surface area contributed by atoms with Gasteiger partial charge in [-0.25, -0.2) is 0 Å². The predicted molar refractivity (Wildman–Crippen MR) is 30.0 cm³/mol. The Balaban J connectivity index is 2.52. The van der Waals surface area contributed by atoms with Gasteiger partial charge in [-0.05, 0) is 0 Å². The van der Waals surface area contributed by atoms with Gasteiger partial charge in [0.2, 0.25) is 0 Å². The average Bonchev–Trinajstić information content (AvgIpc) is 1.93. The van der Waals surface area contributed by atoms with Crippen LogP contribution in [0.15, 0.2) is 0 Å². The zero-order valence-electron chi connectivity index (χ0n) is 5.21. The van der Waals surface area contributed by atoms with E-state index < -0.39 is 24.6 Å². The number of ether oxygens (including phenoxy) is 1. The molecule has 0 amide bonds. The molecule has 2 unspecified atom stereocenters. The molecule has 1 heterocycles. The Morgan fingerprint density at radius 2 is 1.60 bits per heavy atom. The molecule has 4 atom stereocenters. The molecule has 5 heteroatoms. The van der Waals surface area contributed by atoms with E-state index in [1.807, 2.05) is 0 Å². The van der Waals surface area contributed by atoms with Crippen LogP contribution in [0.2, 0.25) is 0 Å². The van der Waals surface area contributed by atoms with Gasteiger partial charge in [0.1, 0.15) is 18.3 Å². The van der Waals surface area contributed by atoms with Crippen LogP contribution in [0.5, 0.6) is 0 Å². The maximum atomic E-state index is 8.88. The Labute approximate surface area is 57.5 Å². The van der Waals surface area contributed by atoms with Gasteiger partial charge >= 0.3 is 0 Å². The zero-order valence-corrected chi connectivity index (χ0v) is 5.21. The fourth-order valence-corrected chi connectivity index (χ4v) is 0.791. The highest BCUT2D eigenvalue weighted by Crippen LogP contribution is 2.12. The number of rotatable bonds is 0. The summed E-state index contributed by atoms with van der Waals surface area (Å²) in [6, 6.07) is 0. The van der Waals surface area contributed by atoms with E-state index in [4.69, 9.17) is 20.4 Å². The lowest BCUT2D eigenvalue weighted by molar-refractivity contribution is -0.252. The SMILES string of the molecule is OC1OC[C@@H](O)C(O)[C@@H]1O. The maximum absolute atomic E-state index is 8.88. The van der Waals surface area contributed by atoms with Gasteiger partial charge in [0.25, 0.3) is 0 Å². The van der Waals surface area contributed by atoms with Crippen LogP contribution < -0.4 is 0 Å². The van der Waals surface area contributed by atoms with Gasteiger partial charge in [0.05, 0.1) is 6.61 Å². The minimum absolute atomic E-state index is 0.153. The van der Waals surface area contributed by atoms with Crippen LogP contribution in [0.25, 0.3) is 0 Å². The van der Waals surface area contributed by atoms with E-state index in [9.17, 15) is 0 Å². The molecule has 0 spiro atoms. The van der Waals surface area contributed by atoms with Gasteiger partial charge in [-0.15, -0.1) is 0 Å². The Hall–Kier alpha value is -0.200. The molecule has 1 rings (SSSR count). The van der Waals surface area contributed by atoms with Crippen molar-refractivity contribution in [2.75, 3.05) is 6.61 Å². The molecule has 1 fully saturated rings. The van der Waals surface area contributed by atoms with E-state index in [0.717, 1.165) is 0 Å². The number of hydrogen-bond donors (Lipinski definition) is 4. The topological polar surface area (TPSA) is 90.2 Å². The lowest BCUT2D eigenvalue weighted by Gasteiger charge is -2.31. The molecule has 0 radical (unpaired) electrons. The minimum Gasteiger partial charge on any atom is -0.388 e. The van der Waals surface area contributed by atoms with Gasteiger partial charge in [-0.1, -0.05) is 0 Å². The number of aliphatic hydroxyl groups excluding tert-OH is 4. The Bertz CT molecular complexity index is 103. The summed E-state index contributed by atoms with van der Waals surface area (Å²) in [5.41, 5.74) is 0. The first kappa shape index (κ1) is 7.90. The van der Waals surface area contributed by atoms with Crippen molar-refractivity contribution in [3.63, 3.8) is 0 Å². The third-order valence-electron chi connectivity index (χ3n) is 1.47. The van der Waals surface area contributed by atoms with Crippen molar-refractivity contribution in [2.24, 2.45) is 0 Å². The van der Waals surface area contributed by atoms with Crippen LogP contribution in [0.1, 0.15) is 0 Å².